The van der Waals surface area contributed by atoms with E-state index < -0.39 is 0 Å². The van der Waals surface area contributed by atoms with Gasteiger partial charge in [0.1, 0.15) is 12.1 Å². The van der Waals surface area contributed by atoms with Crippen molar-refractivity contribution in [3.8, 4) is 5.88 Å². The third-order valence-corrected chi connectivity index (χ3v) is 4.28. The molecule has 0 radical (unpaired) electrons. The van der Waals surface area contributed by atoms with Crippen molar-refractivity contribution < 1.29 is 4.74 Å². The largest absolute Gasteiger partial charge is 0.478 e. The number of nitrogens with zero attached hydrogens (tertiary/aromatic N) is 3. The molecule has 21 heavy (non-hydrogen) atoms. The highest BCUT2D eigenvalue weighted by atomic mass is 16.5. The summed E-state index contributed by atoms with van der Waals surface area (Å²) in [6, 6.07) is 2.68. The molecule has 1 aromatic heterocycles. The van der Waals surface area contributed by atoms with Crippen LogP contribution in [0.25, 0.3) is 0 Å². The zero-order valence-electron chi connectivity index (χ0n) is 12.9. The first-order valence-corrected chi connectivity index (χ1v) is 8.29. The Labute approximate surface area is 127 Å². The molecular weight excluding hydrogens is 264 g/mol. The fraction of sp³-hybridized carbons (Fsp3) is 0.750. The van der Waals surface area contributed by atoms with E-state index in [0.717, 1.165) is 37.8 Å². The lowest BCUT2D eigenvalue weighted by Crippen LogP contribution is -2.37. The highest BCUT2D eigenvalue weighted by Crippen LogP contribution is 2.33. The molecule has 5 nitrogen and oxygen atoms in total. The highest BCUT2D eigenvalue weighted by Gasteiger charge is 2.32. The molecule has 1 N–H and O–H groups in total. The van der Waals surface area contributed by atoms with Gasteiger partial charge in [0.2, 0.25) is 5.88 Å². The molecule has 5 heteroatoms. The molecule has 0 spiro atoms. The van der Waals surface area contributed by atoms with Gasteiger partial charge in [0.25, 0.3) is 0 Å². The topological polar surface area (TPSA) is 50.3 Å². The molecule has 1 saturated heterocycles. The van der Waals surface area contributed by atoms with Crippen molar-refractivity contribution in [3.63, 3.8) is 0 Å². The Bertz CT molecular complexity index is 444. The summed E-state index contributed by atoms with van der Waals surface area (Å²) in [6.45, 7) is 6.25. The second-order valence-electron chi connectivity index (χ2n) is 6.14. The summed E-state index contributed by atoms with van der Waals surface area (Å²) in [7, 11) is 0. The van der Waals surface area contributed by atoms with E-state index in [1.165, 1.54) is 25.7 Å². The molecule has 2 heterocycles. The summed E-state index contributed by atoms with van der Waals surface area (Å²) in [4.78, 5) is 11.2. The Morgan fingerprint density at radius 3 is 2.76 bits per heavy atom. The zero-order valence-corrected chi connectivity index (χ0v) is 12.9. The quantitative estimate of drug-likeness (QED) is 0.834. The normalized spacial score (nSPS) is 19.5. The van der Waals surface area contributed by atoms with Crippen molar-refractivity contribution in [3.05, 3.63) is 12.4 Å². The summed E-state index contributed by atoms with van der Waals surface area (Å²) < 4.78 is 5.65. The van der Waals surface area contributed by atoms with E-state index in [4.69, 9.17) is 4.74 Å². The van der Waals surface area contributed by atoms with Crippen molar-refractivity contribution in [1.29, 1.82) is 0 Å². The number of hydrogen-bond acceptors (Lipinski definition) is 5. The van der Waals surface area contributed by atoms with Crippen LogP contribution in [0.5, 0.6) is 5.88 Å². The molecule has 2 fully saturated rings. The van der Waals surface area contributed by atoms with E-state index in [2.05, 4.69) is 27.1 Å². The number of hydrogen-bond donors (Lipinski definition) is 1. The van der Waals surface area contributed by atoms with Gasteiger partial charge in [-0.15, -0.1) is 0 Å². The van der Waals surface area contributed by atoms with E-state index in [1.54, 1.807) is 6.33 Å². The van der Waals surface area contributed by atoms with Crippen molar-refractivity contribution >= 4 is 5.82 Å². The van der Waals surface area contributed by atoms with E-state index in [9.17, 15) is 0 Å². The Kier molecular flexibility index (Phi) is 4.91. The lowest BCUT2D eigenvalue weighted by atomic mass is 9.97. The SMILES string of the molecule is CCCOc1cc(N(CC2CCNCC2)C2CC2)ncn1. The van der Waals surface area contributed by atoms with Crippen LogP contribution in [0.1, 0.15) is 39.0 Å². The van der Waals surface area contributed by atoms with E-state index in [-0.39, 0.29) is 0 Å². The monoisotopic (exact) mass is 290 g/mol. The standard InChI is InChI=1S/C16H26N4O/c1-2-9-21-16-10-15(18-12-19-16)20(14-3-4-14)11-13-5-7-17-8-6-13/h10,12-14,17H,2-9,11H2,1H3. The Hall–Kier alpha value is -1.36. The number of piperidine rings is 1. The summed E-state index contributed by atoms with van der Waals surface area (Å²) >= 11 is 0. The fourth-order valence-electron chi connectivity index (χ4n) is 2.93. The molecule has 2 aliphatic rings. The van der Waals surface area contributed by atoms with E-state index in [1.807, 2.05) is 6.07 Å². The molecule has 3 rings (SSSR count). The molecule has 0 amide bonds. The molecule has 0 atom stereocenters. The van der Waals surface area contributed by atoms with Gasteiger partial charge in [-0.05, 0) is 51.1 Å². The van der Waals surface area contributed by atoms with Crippen molar-refractivity contribution in [2.45, 2.75) is 45.1 Å². The minimum absolute atomic E-state index is 0.675. The van der Waals surface area contributed by atoms with E-state index >= 15 is 0 Å². The van der Waals surface area contributed by atoms with Crippen LogP contribution in [-0.2, 0) is 0 Å². The molecule has 1 saturated carbocycles. The summed E-state index contributed by atoms with van der Waals surface area (Å²) in [5, 5.41) is 3.44. The van der Waals surface area contributed by atoms with Gasteiger partial charge in [0.15, 0.2) is 0 Å². The van der Waals surface area contributed by atoms with Crippen LogP contribution < -0.4 is 15.0 Å². The van der Waals surface area contributed by atoms with Crippen LogP contribution in [0.15, 0.2) is 12.4 Å². The lowest BCUT2D eigenvalue weighted by molar-refractivity contribution is 0.304. The molecule has 1 aliphatic carbocycles. The highest BCUT2D eigenvalue weighted by molar-refractivity contribution is 5.43. The van der Waals surface area contributed by atoms with Gasteiger partial charge < -0.3 is 15.0 Å². The van der Waals surface area contributed by atoms with Gasteiger partial charge in [-0.3, -0.25) is 0 Å². The van der Waals surface area contributed by atoms with Gasteiger partial charge in [-0.1, -0.05) is 6.92 Å². The maximum atomic E-state index is 5.65. The number of anilines is 1. The molecule has 0 bridgehead atoms. The van der Waals surface area contributed by atoms with Crippen LogP contribution in [-0.4, -0.2) is 42.3 Å². The van der Waals surface area contributed by atoms with Gasteiger partial charge in [-0.2, -0.15) is 0 Å². The minimum atomic E-state index is 0.675. The smallest absolute Gasteiger partial charge is 0.218 e. The molecule has 1 aromatic rings. The number of nitrogens with one attached hydrogen (secondary N) is 1. The van der Waals surface area contributed by atoms with E-state index in [0.29, 0.717) is 18.5 Å². The second-order valence-corrected chi connectivity index (χ2v) is 6.14. The van der Waals surface area contributed by atoms with Gasteiger partial charge >= 0.3 is 0 Å². The molecule has 0 aromatic carbocycles. The Morgan fingerprint density at radius 1 is 1.24 bits per heavy atom. The third-order valence-electron chi connectivity index (χ3n) is 4.28. The summed E-state index contributed by atoms with van der Waals surface area (Å²) in [6.07, 6.45) is 7.76. The number of ether oxygens (including phenoxy) is 1. The van der Waals surface area contributed by atoms with Gasteiger partial charge in [0, 0.05) is 18.7 Å². The average Bonchev–Trinajstić information content (AvgIpc) is 3.37. The van der Waals surface area contributed by atoms with Crippen LogP contribution in [0, 0.1) is 5.92 Å². The molecule has 1 aliphatic heterocycles. The summed E-state index contributed by atoms with van der Waals surface area (Å²) in [5.74, 6) is 2.52. The fourth-order valence-corrected chi connectivity index (χ4v) is 2.93. The lowest BCUT2D eigenvalue weighted by Gasteiger charge is -2.31. The van der Waals surface area contributed by atoms with Crippen LogP contribution in [0.2, 0.25) is 0 Å². The number of aromatic nitrogens is 2. The van der Waals surface area contributed by atoms with Crippen LogP contribution in [0.3, 0.4) is 0 Å². The maximum Gasteiger partial charge on any atom is 0.218 e. The maximum absolute atomic E-state index is 5.65. The second kappa shape index (κ2) is 7.07. The molecular formula is C16H26N4O. The first-order chi connectivity index (χ1) is 10.4. The van der Waals surface area contributed by atoms with Crippen molar-refractivity contribution in [1.82, 2.24) is 15.3 Å². The average molecular weight is 290 g/mol. The predicted octanol–water partition coefficient (Wildman–Crippen LogP) is 2.23. The van der Waals surface area contributed by atoms with Crippen molar-refractivity contribution in [2.24, 2.45) is 5.92 Å². The van der Waals surface area contributed by atoms with Crippen LogP contribution >= 0.6 is 0 Å². The number of rotatable bonds is 7. The molecule has 116 valence electrons. The predicted molar refractivity (Wildman–Crippen MR) is 83.8 cm³/mol. The van der Waals surface area contributed by atoms with Gasteiger partial charge in [-0.25, -0.2) is 9.97 Å². The minimum Gasteiger partial charge on any atom is -0.478 e. The van der Waals surface area contributed by atoms with Gasteiger partial charge in [0.05, 0.1) is 6.61 Å². The Balaban J connectivity index is 1.67. The summed E-state index contributed by atoms with van der Waals surface area (Å²) in [5.41, 5.74) is 0. The first kappa shape index (κ1) is 14.6. The first-order valence-electron chi connectivity index (χ1n) is 8.29. The van der Waals surface area contributed by atoms with Crippen molar-refractivity contribution in [2.75, 3.05) is 31.1 Å². The third kappa shape index (κ3) is 4.06. The zero-order chi connectivity index (χ0) is 14.5. The molecule has 0 unspecified atom stereocenters. The Morgan fingerprint density at radius 2 is 2.05 bits per heavy atom. The van der Waals surface area contributed by atoms with Crippen LogP contribution in [0.4, 0.5) is 5.82 Å².